The first-order valence-electron chi connectivity index (χ1n) is 4.97. The molecule has 0 aliphatic rings. The lowest BCUT2D eigenvalue weighted by molar-refractivity contribution is 0.148. The molecule has 0 bridgehead atoms. The van der Waals surface area contributed by atoms with Crippen LogP contribution in [0.2, 0.25) is 0 Å². The van der Waals surface area contributed by atoms with E-state index in [4.69, 9.17) is 14.7 Å². The van der Waals surface area contributed by atoms with Crippen molar-refractivity contribution in [3.8, 4) is 11.8 Å². The molecule has 0 fully saturated rings. The molecule has 3 nitrogen and oxygen atoms in total. The quantitative estimate of drug-likeness (QED) is 0.742. The predicted molar refractivity (Wildman–Crippen MR) is 57.6 cm³/mol. The molecule has 1 unspecified atom stereocenters. The molecular formula is C12H15NO2. The SMILES string of the molecule is CCCOc1ccc(C(C#N)OC)cc1. The molecule has 0 saturated heterocycles. The van der Waals surface area contributed by atoms with Crippen LogP contribution in [0, 0.1) is 11.3 Å². The van der Waals surface area contributed by atoms with Crippen molar-refractivity contribution >= 4 is 0 Å². The molecule has 1 aromatic carbocycles. The molecule has 80 valence electrons. The van der Waals surface area contributed by atoms with E-state index in [9.17, 15) is 0 Å². The molecule has 0 radical (unpaired) electrons. The first-order chi connectivity index (χ1) is 7.31. The summed E-state index contributed by atoms with van der Waals surface area (Å²) >= 11 is 0. The highest BCUT2D eigenvalue weighted by Crippen LogP contribution is 2.19. The summed E-state index contributed by atoms with van der Waals surface area (Å²) in [7, 11) is 1.52. The van der Waals surface area contributed by atoms with Crippen LogP contribution in [0.25, 0.3) is 0 Å². The molecule has 0 heterocycles. The Labute approximate surface area is 90.2 Å². The number of nitriles is 1. The van der Waals surface area contributed by atoms with Crippen LogP contribution in [-0.4, -0.2) is 13.7 Å². The van der Waals surface area contributed by atoms with Crippen LogP contribution in [0.4, 0.5) is 0 Å². The van der Waals surface area contributed by atoms with Gasteiger partial charge < -0.3 is 9.47 Å². The minimum absolute atomic E-state index is 0.495. The fourth-order valence-corrected chi connectivity index (χ4v) is 1.22. The van der Waals surface area contributed by atoms with Crippen molar-refractivity contribution in [3.05, 3.63) is 29.8 Å². The largest absolute Gasteiger partial charge is 0.494 e. The molecule has 0 spiro atoms. The van der Waals surface area contributed by atoms with E-state index >= 15 is 0 Å². The van der Waals surface area contributed by atoms with E-state index in [1.807, 2.05) is 24.3 Å². The van der Waals surface area contributed by atoms with Gasteiger partial charge in [0.25, 0.3) is 0 Å². The third-order valence-corrected chi connectivity index (χ3v) is 2.01. The van der Waals surface area contributed by atoms with E-state index in [2.05, 4.69) is 13.0 Å². The minimum Gasteiger partial charge on any atom is -0.494 e. The van der Waals surface area contributed by atoms with Gasteiger partial charge >= 0.3 is 0 Å². The lowest BCUT2D eigenvalue weighted by Gasteiger charge is -2.08. The fourth-order valence-electron chi connectivity index (χ4n) is 1.22. The zero-order valence-corrected chi connectivity index (χ0v) is 9.06. The maximum absolute atomic E-state index is 8.78. The highest BCUT2D eigenvalue weighted by molar-refractivity contribution is 5.30. The van der Waals surface area contributed by atoms with Gasteiger partial charge in [-0.1, -0.05) is 19.1 Å². The fraction of sp³-hybridized carbons (Fsp3) is 0.417. The normalized spacial score (nSPS) is 11.8. The Kier molecular flexibility index (Phi) is 4.65. The number of hydrogen-bond donors (Lipinski definition) is 0. The van der Waals surface area contributed by atoms with Gasteiger partial charge in [0, 0.05) is 7.11 Å². The van der Waals surface area contributed by atoms with Crippen molar-refractivity contribution < 1.29 is 9.47 Å². The molecule has 0 aliphatic carbocycles. The molecule has 1 atom stereocenters. The van der Waals surface area contributed by atoms with Gasteiger partial charge in [-0.2, -0.15) is 5.26 Å². The Morgan fingerprint density at radius 3 is 2.47 bits per heavy atom. The predicted octanol–water partition coefficient (Wildman–Crippen LogP) is 2.69. The topological polar surface area (TPSA) is 42.2 Å². The van der Waals surface area contributed by atoms with E-state index in [1.54, 1.807) is 0 Å². The third kappa shape index (κ3) is 3.26. The molecule has 15 heavy (non-hydrogen) atoms. The molecule has 3 heteroatoms. The van der Waals surface area contributed by atoms with E-state index in [-0.39, 0.29) is 0 Å². The Bertz CT molecular complexity index is 326. The van der Waals surface area contributed by atoms with Gasteiger partial charge in [0.05, 0.1) is 12.7 Å². The summed E-state index contributed by atoms with van der Waals surface area (Å²) in [5.41, 5.74) is 0.851. The van der Waals surface area contributed by atoms with Gasteiger partial charge in [-0.15, -0.1) is 0 Å². The molecule has 1 aromatic rings. The maximum atomic E-state index is 8.78. The molecule has 0 amide bonds. The maximum Gasteiger partial charge on any atom is 0.168 e. The van der Waals surface area contributed by atoms with Crippen molar-refractivity contribution in [1.29, 1.82) is 5.26 Å². The standard InChI is InChI=1S/C12H15NO2/c1-3-8-15-11-6-4-10(5-7-11)12(9-13)14-2/h4-7,12H,3,8H2,1-2H3. The van der Waals surface area contributed by atoms with Crippen molar-refractivity contribution in [2.45, 2.75) is 19.4 Å². The van der Waals surface area contributed by atoms with E-state index < -0.39 is 6.10 Å². The Hall–Kier alpha value is -1.53. The Morgan fingerprint density at radius 2 is 2.00 bits per heavy atom. The molecule has 0 aliphatic heterocycles. The van der Waals surface area contributed by atoms with E-state index in [1.165, 1.54) is 7.11 Å². The molecule has 0 aromatic heterocycles. The summed E-state index contributed by atoms with van der Waals surface area (Å²) in [5, 5.41) is 8.78. The average molecular weight is 205 g/mol. The highest BCUT2D eigenvalue weighted by atomic mass is 16.5. The van der Waals surface area contributed by atoms with Crippen molar-refractivity contribution in [2.75, 3.05) is 13.7 Å². The molecule has 0 N–H and O–H groups in total. The number of rotatable bonds is 5. The van der Waals surface area contributed by atoms with Crippen LogP contribution >= 0.6 is 0 Å². The summed E-state index contributed by atoms with van der Waals surface area (Å²) in [6, 6.07) is 9.48. The summed E-state index contributed by atoms with van der Waals surface area (Å²) in [5.74, 6) is 0.827. The van der Waals surface area contributed by atoms with Crippen LogP contribution in [0.15, 0.2) is 24.3 Å². The highest BCUT2D eigenvalue weighted by Gasteiger charge is 2.07. The van der Waals surface area contributed by atoms with Crippen molar-refractivity contribution in [3.63, 3.8) is 0 Å². The van der Waals surface area contributed by atoms with Crippen molar-refractivity contribution in [1.82, 2.24) is 0 Å². The number of ether oxygens (including phenoxy) is 2. The number of methoxy groups -OCH3 is 1. The summed E-state index contributed by atoms with van der Waals surface area (Å²) < 4.78 is 10.4. The van der Waals surface area contributed by atoms with E-state index in [0.29, 0.717) is 6.61 Å². The monoisotopic (exact) mass is 205 g/mol. The van der Waals surface area contributed by atoms with Gasteiger partial charge in [0.1, 0.15) is 5.75 Å². The first-order valence-corrected chi connectivity index (χ1v) is 4.97. The van der Waals surface area contributed by atoms with Crippen LogP contribution in [0.3, 0.4) is 0 Å². The Morgan fingerprint density at radius 1 is 1.33 bits per heavy atom. The molecule has 1 rings (SSSR count). The smallest absolute Gasteiger partial charge is 0.168 e. The molecule has 0 saturated carbocycles. The zero-order valence-electron chi connectivity index (χ0n) is 9.06. The van der Waals surface area contributed by atoms with Gasteiger partial charge in [-0.3, -0.25) is 0 Å². The minimum atomic E-state index is -0.495. The number of nitrogens with zero attached hydrogens (tertiary/aromatic N) is 1. The van der Waals surface area contributed by atoms with Crippen LogP contribution in [0.1, 0.15) is 25.0 Å². The van der Waals surface area contributed by atoms with Gasteiger partial charge in [-0.05, 0) is 24.1 Å². The van der Waals surface area contributed by atoms with Gasteiger partial charge in [0.2, 0.25) is 0 Å². The second kappa shape index (κ2) is 6.05. The van der Waals surface area contributed by atoms with E-state index in [0.717, 1.165) is 17.7 Å². The lowest BCUT2D eigenvalue weighted by atomic mass is 10.1. The summed E-state index contributed by atoms with van der Waals surface area (Å²) in [6.07, 6.45) is 0.492. The summed E-state index contributed by atoms with van der Waals surface area (Å²) in [6.45, 7) is 2.77. The van der Waals surface area contributed by atoms with Gasteiger partial charge in [-0.25, -0.2) is 0 Å². The summed E-state index contributed by atoms with van der Waals surface area (Å²) in [4.78, 5) is 0. The zero-order chi connectivity index (χ0) is 11.1. The number of hydrogen-bond acceptors (Lipinski definition) is 3. The number of benzene rings is 1. The van der Waals surface area contributed by atoms with Crippen LogP contribution < -0.4 is 4.74 Å². The average Bonchev–Trinajstić information content (AvgIpc) is 2.29. The van der Waals surface area contributed by atoms with Crippen molar-refractivity contribution in [2.24, 2.45) is 0 Å². The van der Waals surface area contributed by atoms with Gasteiger partial charge in [0.15, 0.2) is 6.10 Å². The lowest BCUT2D eigenvalue weighted by Crippen LogP contribution is -1.99. The van der Waals surface area contributed by atoms with Crippen LogP contribution in [-0.2, 0) is 4.74 Å². The second-order valence-electron chi connectivity index (χ2n) is 3.16. The van der Waals surface area contributed by atoms with Crippen LogP contribution in [0.5, 0.6) is 5.75 Å². The first kappa shape index (κ1) is 11.5. The Balaban J connectivity index is 2.68. The molecular weight excluding hydrogens is 190 g/mol. The third-order valence-electron chi connectivity index (χ3n) is 2.01. The second-order valence-corrected chi connectivity index (χ2v) is 3.16.